The van der Waals surface area contributed by atoms with E-state index in [1.165, 1.54) is 12.1 Å². The Morgan fingerprint density at radius 3 is 2.48 bits per heavy atom. The fraction of sp³-hybridized carbons (Fsp3) is 0.444. The van der Waals surface area contributed by atoms with E-state index < -0.39 is 11.8 Å². The van der Waals surface area contributed by atoms with Crippen molar-refractivity contribution in [2.75, 3.05) is 19.6 Å². The number of piperidine rings is 1. The number of carbonyl (C=O) groups is 2. The number of carboxylic acid groups (broad SMARTS) is 1. The van der Waals surface area contributed by atoms with Crippen molar-refractivity contribution in [1.82, 2.24) is 14.4 Å². The molecule has 7 heteroatoms. The molecule has 6 nitrogen and oxygen atoms in total. The molecule has 0 spiro atoms. The van der Waals surface area contributed by atoms with Gasteiger partial charge in [0, 0.05) is 44.3 Å². The Morgan fingerprint density at radius 2 is 1.76 bits per heavy atom. The van der Waals surface area contributed by atoms with E-state index in [-0.39, 0.29) is 11.6 Å². The first-order chi connectivity index (χ1) is 12.0. The second-order valence-electron chi connectivity index (χ2n) is 6.75. The van der Waals surface area contributed by atoms with Crippen molar-refractivity contribution < 1.29 is 19.1 Å². The van der Waals surface area contributed by atoms with Crippen LogP contribution in [0.15, 0.2) is 18.3 Å². The van der Waals surface area contributed by atoms with Crippen LogP contribution in [0, 0.1) is 5.82 Å². The summed E-state index contributed by atoms with van der Waals surface area (Å²) in [6, 6.07) is 2.66. The average Bonchev–Trinajstić information content (AvgIpc) is 2.86. The molecule has 25 heavy (non-hydrogen) atoms. The molecular formula is C18H20FN3O3. The van der Waals surface area contributed by atoms with Gasteiger partial charge in [-0.1, -0.05) is 0 Å². The molecule has 3 heterocycles. The monoisotopic (exact) mass is 345 g/mol. The summed E-state index contributed by atoms with van der Waals surface area (Å²) >= 11 is 0. The zero-order valence-corrected chi connectivity index (χ0v) is 13.9. The summed E-state index contributed by atoms with van der Waals surface area (Å²) in [5.74, 6) is -1.54. The molecule has 1 N–H and O–H groups in total. The van der Waals surface area contributed by atoms with Crippen molar-refractivity contribution in [2.45, 2.75) is 32.4 Å². The molecule has 4 rings (SSSR count). The Morgan fingerprint density at radius 1 is 1.00 bits per heavy atom. The number of carboxylic acids is 1. The number of amides is 2. The highest BCUT2D eigenvalue weighted by Crippen LogP contribution is 2.30. The van der Waals surface area contributed by atoms with Crippen molar-refractivity contribution in [3.63, 3.8) is 0 Å². The van der Waals surface area contributed by atoms with Gasteiger partial charge in [-0.2, -0.15) is 0 Å². The zero-order valence-electron chi connectivity index (χ0n) is 13.9. The lowest BCUT2D eigenvalue weighted by Crippen LogP contribution is -2.45. The van der Waals surface area contributed by atoms with Crippen LogP contribution in [0.25, 0.3) is 10.9 Å². The van der Waals surface area contributed by atoms with Gasteiger partial charge in [0.1, 0.15) is 5.82 Å². The summed E-state index contributed by atoms with van der Waals surface area (Å²) in [6.07, 6.45) is 4.74. The van der Waals surface area contributed by atoms with Crippen molar-refractivity contribution in [2.24, 2.45) is 0 Å². The number of nitrogens with zero attached hydrogens (tertiary/aromatic N) is 3. The van der Waals surface area contributed by atoms with Gasteiger partial charge in [-0.05, 0) is 37.0 Å². The highest BCUT2D eigenvalue weighted by molar-refractivity contribution is 6.04. The minimum atomic E-state index is -1.07. The second-order valence-corrected chi connectivity index (χ2v) is 6.75. The van der Waals surface area contributed by atoms with Crippen LogP contribution in [0.4, 0.5) is 9.18 Å². The molecule has 0 radical (unpaired) electrons. The number of benzene rings is 1. The Bertz CT molecular complexity index is 855. The first kappa shape index (κ1) is 15.9. The van der Waals surface area contributed by atoms with Crippen LogP contribution >= 0.6 is 0 Å². The molecule has 0 aliphatic carbocycles. The number of urea groups is 1. The van der Waals surface area contributed by atoms with Gasteiger partial charge in [0.2, 0.25) is 0 Å². The number of aromatic carboxylic acids is 1. The maximum absolute atomic E-state index is 14.1. The standard InChI is InChI=1S/C18H20FN3O3/c19-13-8-12-10-22(18(25)20-4-2-1-3-5-20)7-6-21-11-15(17(23)24)14(9-13)16(12)21/h8-9,11H,1-7,10H2,(H,23,24). The number of aromatic nitrogens is 1. The van der Waals surface area contributed by atoms with Gasteiger partial charge in [0.15, 0.2) is 0 Å². The van der Waals surface area contributed by atoms with Crippen LogP contribution in [-0.4, -0.2) is 51.1 Å². The quantitative estimate of drug-likeness (QED) is 0.864. The van der Waals surface area contributed by atoms with Gasteiger partial charge in [-0.25, -0.2) is 14.0 Å². The summed E-state index contributed by atoms with van der Waals surface area (Å²) < 4.78 is 15.9. The highest BCUT2D eigenvalue weighted by Gasteiger charge is 2.27. The molecule has 2 aliphatic rings. The van der Waals surface area contributed by atoms with Gasteiger partial charge < -0.3 is 19.5 Å². The smallest absolute Gasteiger partial charge is 0.337 e. The molecule has 0 atom stereocenters. The third kappa shape index (κ3) is 2.73. The van der Waals surface area contributed by atoms with Gasteiger partial charge in [0.25, 0.3) is 0 Å². The lowest BCUT2D eigenvalue weighted by Gasteiger charge is -2.32. The first-order valence-corrected chi connectivity index (χ1v) is 8.63. The van der Waals surface area contributed by atoms with Crippen LogP contribution in [-0.2, 0) is 13.1 Å². The van der Waals surface area contributed by atoms with E-state index in [4.69, 9.17) is 0 Å². The molecule has 0 unspecified atom stereocenters. The molecule has 0 saturated carbocycles. The molecule has 0 bridgehead atoms. The molecule has 132 valence electrons. The number of rotatable bonds is 1. The molecule has 1 aromatic heterocycles. The second kappa shape index (κ2) is 6.06. The molecule has 2 aliphatic heterocycles. The Balaban J connectivity index is 1.71. The molecule has 1 aromatic carbocycles. The summed E-state index contributed by atoms with van der Waals surface area (Å²) in [7, 11) is 0. The van der Waals surface area contributed by atoms with Gasteiger partial charge in [-0.3, -0.25) is 0 Å². The predicted molar refractivity (Wildman–Crippen MR) is 90.1 cm³/mol. The summed E-state index contributed by atoms with van der Waals surface area (Å²) in [5, 5.41) is 9.77. The maximum Gasteiger partial charge on any atom is 0.337 e. The largest absolute Gasteiger partial charge is 0.478 e. The van der Waals surface area contributed by atoms with Crippen molar-refractivity contribution >= 4 is 22.9 Å². The third-order valence-corrected chi connectivity index (χ3v) is 5.12. The lowest BCUT2D eigenvalue weighted by atomic mass is 10.1. The summed E-state index contributed by atoms with van der Waals surface area (Å²) in [4.78, 5) is 27.9. The number of carbonyl (C=O) groups excluding carboxylic acids is 1. The lowest BCUT2D eigenvalue weighted by molar-refractivity contribution is 0.0698. The van der Waals surface area contributed by atoms with Gasteiger partial charge >= 0.3 is 12.0 Å². The molecule has 2 aromatic rings. The summed E-state index contributed by atoms with van der Waals surface area (Å²) in [5.41, 5.74) is 1.48. The van der Waals surface area contributed by atoms with E-state index in [9.17, 15) is 19.1 Å². The van der Waals surface area contributed by atoms with E-state index in [0.717, 1.165) is 32.4 Å². The topological polar surface area (TPSA) is 65.8 Å². The number of hydrogen-bond acceptors (Lipinski definition) is 2. The SMILES string of the molecule is O=C(O)c1cn2c3c(cc(F)cc13)CN(C(=O)N1CCCCC1)CC2. The summed E-state index contributed by atoms with van der Waals surface area (Å²) in [6.45, 7) is 2.82. The van der Waals surface area contributed by atoms with Crippen LogP contribution in [0.3, 0.4) is 0 Å². The van der Waals surface area contributed by atoms with Crippen LogP contribution in [0.5, 0.6) is 0 Å². The van der Waals surface area contributed by atoms with Crippen molar-refractivity contribution in [3.8, 4) is 0 Å². The van der Waals surface area contributed by atoms with Gasteiger partial charge in [-0.15, -0.1) is 0 Å². The average molecular weight is 345 g/mol. The van der Waals surface area contributed by atoms with E-state index in [1.807, 2.05) is 9.47 Å². The van der Waals surface area contributed by atoms with Gasteiger partial charge in [0.05, 0.1) is 11.1 Å². The number of hydrogen-bond donors (Lipinski definition) is 1. The first-order valence-electron chi connectivity index (χ1n) is 8.63. The van der Waals surface area contributed by atoms with E-state index in [0.29, 0.717) is 36.1 Å². The van der Waals surface area contributed by atoms with Crippen LogP contribution in [0.2, 0.25) is 0 Å². The number of halogens is 1. The third-order valence-electron chi connectivity index (χ3n) is 5.12. The predicted octanol–water partition coefficient (Wildman–Crippen LogP) is 2.90. The van der Waals surface area contributed by atoms with E-state index in [2.05, 4.69) is 0 Å². The molecule has 1 saturated heterocycles. The van der Waals surface area contributed by atoms with E-state index in [1.54, 1.807) is 11.1 Å². The minimum Gasteiger partial charge on any atom is -0.478 e. The maximum atomic E-state index is 14.1. The minimum absolute atomic E-state index is 0.0127. The fourth-order valence-electron chi connectivity index (χ4n) is 3.92. The van der Waals surface area contributed by atoms with Crippen molar-refractivity contribution in [3.05, 3.63) is 35.3 Å². The Labute approximate surface area is 144 Å². The van der Waals surface area contributed by atoms with Crippen LogP contribution < -0.4 is 0 Å². The fourth-order valence-corrected chi connectivity index (χ4v) is 3.92. The number of likely N-dealkylation sites (tertiary alicyclic amines) is 1. The molecular weight excluding hydrogens is 325 g/mol. The van der Waals surface area contributed by atoms with E-state index >= 15 is 0 Å². The molecule has 1 fully saturated rings. The molecule has 2 amide bonds. The normalized spacial score (nSPS) is 17.6. The Kier molecular flexibility index (Phi) is 3.86. The highest BCUT2D eigenvalue weighted by atomic mass is 19.1. The van der Waals surface area contributed by atoms with Crippen LogP contribution in [0.1, 0.15) is 35.2 Å². The van der Waals surface area contributed by atoms with Crippen molar-refractivity contribution in [1.29, 1.82) is 0 Å². The Hall–Kier alpha value is -2.57. The zero-order chi connectivity index (χ0) is 17.6.